The number of halogens is 1. The number of rotatable bonds is 5. The Kier molecular flexibility index (Phi) is 4.74. The minimum absolute atomic E-state index is 0.000370. The molecule has 17 heavy (non-hydrogen) atoms. The zero-order valence-electron chi connectivity index (χ0n) is 9.13. The minimum Gasteiger partial charge on any atom is -0.504 e. The van der Waals surface area contributed by atoms with Crippen molar-refractivity contribution in [1.29, 1.82) is 0 Å². The molecule has 1 aromatic rings. The smallest absolute Gasteiger partial charge is 0.163 e. The molecule has 1 aromatic carbocycles. The number of carbonyl (C=O) groups excluding carboxylic acids is 1. The molecule has 2 unspecified atom stereocenters. The molecule has 0 spiro atoms. The summed E-state index contributed by atoms with van der Waals surface area (Å²) < 4.78 is 4.86. The van der Waals surface area contributed by atoms with Crippen LogP contribution in [0.25, 0.3) is 0 Å². The lowest BCUT2D eigenvalue weighted by Gasteiger charge is -2.18. The third-order valence-electron chi connectivity index (χ3n) is 2.32. The Bertz CT molecular complexity index is 407. The van der Waals surface area contributed by atoms with Gasteiger partial charge in [0.05, 0.1) is 19.1 Å². The molecule has 0 aromatic heterocycles. The van der Waals surface area contributed by atoms with Gasteiger partial charge in [0.15, 0.2) is 11.5 Å². The van der Waals surface area contributed by atoms with E-state index in [1.807, 2.05) is 0 Å². The maximum absolute atomic E-state index is 10.7. The number of phenols is 1. The third-order valence-corrected chi connectivity index (χ3v) is 2.64. The highest BCUT2D eigenvalue weighted by molar-refractivity contribution is 6.18. The predicted molar refractivity (Wildman–Crippen MR) is 61.7 cm³/mol. The molecule has 3 N–H and O–H groups in total. The lowest BCUT2D eigenvalue weighted by molar-refractivity contribution is 0.0310. The second-order valence-electron chi connectivity index (χ2n) is 3.45. The largest absolute Gasteiger partial charge is 0.504 e. The Morgan fingerprint density at radius 1 is 1.47 bits per heavy atom. The Labute approximate surface area is 103 Å². The predicted octanol–water partition coefficient (Wildman–Crippen LogP) is 0.846. The number of carbonyl (C=O) groups is 1. The van der Waals surface area contributed by atoms with E-state index in [0.717, 1.165) is 0 Å². The highest BCUT2D eigenvalue weighted by Crippen LogP contribution is 2.36. The quantitative estimate of drug-likeness (QED) is 0.540. The zero-order valence-corrected chi connectivity index (χ0v) is 9.89. The van der Waals surface area contributed by atoms with Crippen LogP contribution in [0.5, 0.6) is 11.5 Å². The van der Waals surface area contributed by atoms with Crippen molar-refractivity contribution in [3.05, 3.63) is 23.3 Å². The molecule has 0 bridgehead atoms. The molecule has 0 aliphatic rings. The fraction of sp³-hybridized carbons (Fsp3) is 0.364. The van der Waals surface area contributed by atoms with Gasteiger partial charge in [-0.25, -0.2) is 0 Å². The molecule has 0 saturated heterocycles. The fourth-order valence-electron chi connectivity index (χ4n) is 1.39. The summed E-state index contributed by atoms with van der Waals surface area (Å²) in [6.45, 7) is 0. The fourth-order valence-corrected chi connectivity index (χ4v) is 1.56. The van der Waals surface area contributed by atoms with Crippen molar-refractivity contribution < 1.29 is 24.9 Å². The number of hydrogen-bond acceptors (Lipinski definition) is 5. The van der Waals surface area contributed by atoms with Crippen molar-refractivity contribution >= 4 is 17.9 Å². The second-order valence-corrected chi connectivity index (χ2v) is 3.75. The van der Waals surface area contributed by atoms with E-state index in [1.165, 1.54) is 19.2 Å². The van der Waals surface area contributed by atoms with E-state index in [-0.39, 0.29) is 28.5 Å². The van der Waals surface area contributed by atoms with Gasteiger partial charge in [-0.05, 0) is 12.1 Å². The van der Waals surface area contributed by atoms with Crippen LogP contribution in [0.15, 0.2) is 12.1 Å². The number of phenolic OH excluding ortho intramolecular Hbond substituents is 1. The highest BCUT2D eigenvalue weighted by atomic mass is 35.5. The van der Waals surface area contributed by atoms with Gasteiger partial charge in [-0.1, -0.05) is 0 Å². The summed E-state index contributed by atoms with van der Waals surface area (Å²) in [7, 11) is 1.32. The number of aliphatic hydroxyl groups excluding tert-OH is 2. The normalized spacial score (nSPS) is 14.1. The van der Waals surface area contributed by atoms with Crippen molar-refractivity contribution in [2.75, 3.05) is 13.0 Å². The monoisotopic (exact) mass is 260 g/mol. The standard InChI is InChI=1S/C11H13ClO5/c1-17-9-3-6(5-13)2-7(11(9)16)10(15)8(14)4-12/h2-3,5,8,10,14-16H,4H2,1H3. The molecule has 0 radical (unpaired) electrons. The van der Waals surface area contributed by atoms with Gasteiger partial charge in [0, 0.05) is 11.1 Å². The van der Waals surface area contributed by atoms with E-state index in [2.05, 4.69) is 0 Å². The van der Waals surface area contributed by atoms with E-state index in [4.69, 9.17) is 16.3 Å². The van der Waals surface area contributed by atoms with Gasteiger partial charge in [-0.2, -0.15) is 0 Å². The molecule has 0 amide bonds. The Morgan fingerprint density at radius 2 is 2.12 bits per heavy atom. The van der Waals surface area contributed by atoms with E-state index in [1.54, 1.807) is 0 Å². The molecule has 1 rings (SSSR count). The maximum atomic E-state index is 10.7. The van der Waals surface area contributed by atoms with Gasteiger partial charge in [0.25, 0.3) is 0 Å². The number of alkyl halides is 1. The molecule has 0 aliphatic carbocycles. The van der Waals surface area contributed by atoms with Crippen LogP contribution in [0.1, 0.15) is 22.0 Å². The summed E-state index contributed by atoms with van der Waals surface area (Å²) in [6, 6.07) is 2.59. The molecule has 0 saturated carbocycles. The van der Waals surface area contributed by atoms with E-state index in [0.29, 0.717) is 6.29 Å². The zero-order chi connectivity index (χ0) is 13.0. The first-order valence-corrected chi connectivity index (χ1v) is 5.36. The molecular weight excluding hydrogens is 248 g/mol. The van der Waals surface area contributed by atoms with Gasteiger partial charge < -0.3 is 20.1 Å². The van der Waals surface area contributed by atoms with Crippen molar-refractivity contribution in [3.8, 4) is 11.5 Å². The van der Waals surface area contributed by atoms with Crippen molar-refractivity contribution in [3.63, 3.8) is 0 Å². The van der Waals surface area contributed by atoms with Crippen LogP contribution in [0, 0.1) is 0 Å². The first kappa shape index (κ1) is 13.8. The van der Waals surface area contributed by atoms with E-state index in [9.17, 15) is 20.1 Å². The van der Waals surface area contributed by atoms with Gasteiger partial charge in [0.2, 0.25) is 0 Å². The molecule has 94 valence electrons. The number of methoxy groups -OCH3 is 1. The lowest BCUT2D eigenvalue weighted by atomic mass is 10.0. The maximum Gasteiger partial charge on any atom is 0.163 e. The molecule has 5 nitrogen and oxygen atoms in total. The highest BCUT2D eigenvalue weighted by Gasteiger charge is 2.23. The summed E-state index contributed by atoms with van der Waals surface area (Å²) >= 11 is 5.40. The van der Waals surface area contributed by atoms with Crippen LogP contribution < -0.4 is 4.74 Å². The molecule has 2 atom stereocenters. The average molecular weight is 261 g/mol. The molecule has 0 heterocycles. The molecule has 6 heteroatoms. The van der Waals surface area contributed by atoms with Crippen molar-refractivity contribution in [2.24, 2.45) is 0 Å². The number of hydrogen-bond donors (Lipinski definition) is 3. The summed E-state index contributed by atoms with van der Waals surface area (Å²) in [4.78, 5) is 10.7. The summed E-state index contributed by atoms with van der Waals surface area (Å²) in [5, 5.41) is 28.9. The van der Waals surface area contributed by atoms with Crippen LogP contribution in [0.3, 0.4) is 0 Å². The Morgan fingerprint density at radius 3 is 2.59 bits per heavy atom. The van der Waals surface area contributed by atoms with E-state index >= 15 is 0 Å². The van der Waals surface area contributed by atoms with Crippen LogP contribution in [-0.2, 0) is 0 Å². The second kappa shape index (κ2) is 5.86. The van der Waals surface area contributed by atoms with Crippen LogP contribution >= 0.6 is 11.6 Å². The number of ether oxygens (including phenoxy) is 1. The van der Waals surface area contributed by atoms with Gasteiger partial charge in [-0.15, -0.1) is 11.6 Å². The SMILES string of the molecule is COc1cc(C=O)cc(C(O)C(O)CCl)c1O. The number of aromatic hydroxyl groups is 1. The average Bonchev–Trinajstić information content (AvgIpc) is 2.37. The van der Waals surface area contributed by atoms with E-state index < -0.39 is 12.2 Å². The first-order valence-electron chi connectivity index (χ1n) is 4.83. The van der Waals surface area contributed by atoms with Crippen LogP contribution in [0.4, 0.5) is 0 Å². The summed E-state index contributed by atoms with van der Waals surface area (Å²) in [5.74, 6) is -0.478. The van der Waals surface area contributed by atoms with Gasteiger partial charge >= 0.3 is 0 Å². The first-order chi connectivity index (χ1) is 8.04. The molecule has 0 fully saturated rings. The third kappa shape index (κ3) is 2.88. The molecular formula is C11H13ClO5. The Balaban J connectivity index is 3.26. The number of aliphatic hydroxyl groups is 2. The van der Waals surface area contributed by atoms with Crippen molar-refractivity contribution in [2.45, 2.75) is 12.2 Å². The minimum atomic E-state index is -1.39. The lowest BCUT2D eigenvalue weighted by Crippen LogP contribution is -2.20. The van der Waals surface area contributed by atoms with Crippen LogP contribution in [-0.4, -0.2) is 40.7 Å². The Hall–Kier alpha value is -1.30. The topological polar surface area (TPSA) is 87.0 Å². The van der Waals surface area contributed by atoms with Crippen molar-refractivity contribution in [1.82, 2.24) is 0 Å². The van der Waals surface area contributed by atoms with Crippen LogP contribution in [0.2, 0.25) is 0 Å². The summed E-state index contributed by atoms with van der Waals surface area (Å²) in [6.07, 6.45) is -2.08. The summed E-state index contributed by atoms with van der Waals surface area (Å²) in [5.41, 5.74) is 0.218. The molecule has 0 aliphatic heterocycles. The van der Waals surface area contributed by atoms with Gasteiger partial charge in [0.1, 0.15) is 12.4 Å². The number of benzene rings is 1. The van der Waals surface area contributed by atoms with Gasteiger partial charge in [-0.3, -0.25) is 4.79 Å². The number of aldehydes is 1.